The minimum Gasteiger partial charge on any atom is -0.385 e. The first-order valence-corrected chi connectivity index (χ1v) is 6.81. The standard InChI is InChI=1S/C13H22N2O3/c1-18-10-4-7-14-9-6-12(16)15-8-3-2-5-11(15)13(14)17/h11H,2-10H2,1H3. The highest BCUT2D eigenvalue weighted by molar-refractivity contribution is 5.90. The largest absolute Gasteiger partial charge is 0.385 e. The zero-order valence-corrected chi connectivity index (χ0v) is 11.1. The van der Waals surface area contributed by atoms with E-state index >= 15 is 0 Å². The smallest absolute Gasteiger partial charge is 0.245 e. The van der Waals surface area contributed by atoms with Crippen molar-refractivity contribution in [2.45, 2.75) is 38.1 Å². The maximum atomic E-state index is 12.4. The first kappa shape index (κ1) is 13.3. The second kappa shape index (κ2) is 6.18. The molecule has 5 nitrogen and oxygen atoms in total. The van der Waals surface area contributed by atoms with Crippen LogP contribution in [0.25, 0.3) is 0 Å². The predicted octanol–water partition coefficient (Wildman–Crippen LogP) is 0.636. The van der Waals surface area contributed by atoms with Crippen LogP contribution in [0.1, 0.15) is 32.1 Å². The third-order valence-corrected chi connectivity index (χ3v) is 3.79. The number of fused-ring (bicyclic) bond motifs is 1. The highest BCUT2D eigenvalue weighted by Gasteiger charge is 2.37. The highest BCUT2D eigenvalue weighted by Crippen LogP contribution is 2.22. The van der Waals surface area contributed by atoms with Gasteiger partial charge in [0.25, 0.3) is 0 Å². The summed E-state index contributed by atoms with van der Waals surface area (Å²) in [6.07, 6.45) is 4.20. The van der Waals surface area contributed by atoms with Crippen molar-refractivity contribution in [3.63, 3.8) is 0 Å². The molecule has 2 aliphatic rings. The van der Waals surface area contributed by atoms with Crippen LogP contribution < -0.4 is 0 Å². The number of hydrogen-bond donors (Lipinski definition) is 0. The number of nitrogens with zero attached hydrogens (tertiary/aromatic N) is 2. The average Bonchev–Trinajstić information content (AvgIpc) is 2.52. The Bertz CT molecular complexity index is 319. The van der Waals surface area contributed by atoms with Gasteiger partial charge < -0.3 is 14.5 Å². The number of carbonyl (C=O) groups excluding carboxylic acids is 2. The Balaban J connectivity index is 2.01. The highest BCUT2D eigenvalue weighted by atomic mass is 16.5. The van der Waals surface area contributed by atoms with Crippen molar-refractivity contribution in [1.82, 2.24) is 9.80 Å². The van der Waals surface area contributed by atoms with Gasteiger partial charge in [0.1, 0.15) is 6.04 Å². The summed E-state index contributed by atoms with van der Waals surface area (Å²) < 4.78 is 5.01. The molecule has 0 saturated carbocycles. The molecule has 1 atom stereocenters. The van der Waals surface area contributed by atoms with Gasteiger partial charge in [0, 0.05) is 39.8 Å². The topological polar surface area (TPSA) is 49.9 Å². The van der Waals surface area contributed by atoms with Gasteiger partial charge in [-0.3, -0.25) is 9.59 Å². The van der Waals surface area contributed by atoms with Crippen LogP contribution in [0.5, 0.6) is 0 Å². The molecule has 0 aromatic carbocycles. The van der Waals surface area contributed by atoms with Crippen molar-refractivity contribution >= 4 is 11.8 Å². The van der Waals surface area contributed by atoms with E-state index in [9.17, 15) is 9.59 Å². The van der Waals surface area contributed by atoms with Crippen LogP contribution in [0.3, 0.4) is 0 Å². The lowest BCUT2D eigenvalue weighted by Crippen LogP contribution is -2.49. The number of carbonyl (C=O) groups is 2. The summed E-state index contributed by atoms with van der Waals surface area (Å²) in [5, 5.41) is 0. The van der Waals surface area contributed by atoms with Gasteiger partial charge in [-0.2, -0.15) is 0 Å². The van der Waals surface area contributed by atoms with E-state index in [1.54, 1.807) is 12.0 Å². The molecule has 2 aliphatic heterocycles. The third kappa shape index (κ3) is 2.83. The molecule has 0 spiro atoms. The molecular formula is C13H22N2O3. The van der Waals surface area contributed by atoms with E-state index in [-0.39, 0.29) is 17.9 Å². The van der Waals surface area contributed by atoms with Gasteiger partial charge >= 0.3 is 0 Å². The number of amides is 2. The summed E-state index contributed by atoms with van der Waals surface area (Å²) in [5.74, 6) is 0.277. The van der Waals surface area contributed by atoms with Crippen LogP contribution in [0, 0.1) is 0 Å². The monoisotopic (exact) mass is 254 g/mol. The molecule has 0 N–H and O–H groups in total. The van der Waals surface area contributed by atoms with Crippen LogP contribution in [0.2, 0.25) is 0 Å². The molecule has 0 aromatic rings. The van der Waals surface area contributed by atoms with Crippen molar-refractivity contribution in [1.29, 1.82) is 0 Å². The van der Waals surface area contributed by atoms with Gasteiger partial charge in [0.05, 0.1) is 0 Å². The summed E-state index contributed by atoms with van der Waals surface area (Å²) in [6.45, 7) is 2.67. The van der Waals surface area contributed by atoms with Crippen LogP contribution in [0.4, 0.5) is 0 Å². The van der Waals surface area contributed by atoms with Crippen molar-refractivity contribution in [2.24, 2.45) is 0 Å². The van der Waals surface area contributed by atoms with Crippen LogP contribution >= 0.6 is 0 Å². The zero-order valence-electron chi connectivity index (χ0n) is 11.1. The zero-order chi connectivity index (χ0) is 13.0. The van der Waals surface area contributed by atoms with Crippen molar-refractivity contribution < 1.29 is 14.3 Å². The van der Waals surface area contributed by atoms with Gasteiger partial charge in [-0.15, -0.1) is 0 Å². The lowest BCUT2D eigenvalue weighted by Gasteiger charge is -2.34. The van der Waals surface area contributed by atoms with Gasteiger partial charge in [-0.1, -0.05) is 0 Å². The SMILES string of the molecule is COCCCN1CCC(=O)N2CCCCC2C1=O. The molecule has 0 aromatic heterocycles. The molecule has 18 heavy (non-hydrogen) atoms. The molecule has 2 saturated heterocycles. The maximum absolute atomic E-state index is 12.4. The van der Waals surface area contributed by atoms with Crippen LogP contribution in [-0.4, -0.2) is 61.0 Å². The molecule has 0 bridgehead atoms. The fraction of sp³-hybridized carbons (Fsp3) is 0.846. The molecule has 2 amide bonds. The van der Waals surface area contributed by atoms with Crippen LogP contribution in [0.15, 0.2) is 0 Å². The molecule has 1 unspecified atom stereocenters. The molecule has 5 heteroatoms. The van der Waals surface area contributed by atoms with E-state index in [1.807, 2.05) is 4.90 Å². The van der Waals surface area contributed by atoms with E-state index in [2.05, 4.69) is 0 Å². The number of ether oxygens (including phenoxy) is 1. The first-order valence-electron chi connectivity index (χ1n) is 6.81. The quantitative estimate of drug-likeness (QED) is 0.692. The summed E-state index contributed by atoms with van der Waals surface area (Å²) in [7, 11) is 1.66. The second-order valence-electron chi connectivity index (χ2n) is 5.02. The first-order chi connectivity index (χ1) is 8.74. The number of hydrogen-bond acceptors (Lipinski definition) is 3. The minimum absolute atomic E-state index is 0.136. The minimum atomic E-state index is -0.198. The number of piperidine rings is 1. The Hall–Kier alpha value is -1.10. The number of methoxy groups -OCH3 is 1. The summed E-state index contributed by atoms with van der Waals surface area (Å²) >= 11 is 0. The van der Waals surface area contributed by atoms with E-state index in [0.29, 0.717) is 26.1 Å². The normalized spacial score (nSPS) is 25.1. The maximum Gasteiger partial charge on any atom is 0.245 e. The van der Waals surface area contributed by atoms with Crippen molar-refractivity contribution in [3.05, 3.63) is 0 Å². The fourth-order valence-corrected chi connectivity index (χ4v) is 2.80. The molecule has 2 fully saturated rings. The third-order valence-electron chi connectivity index (χ3n) is 3.79. The van der Waals surface area contributed by atoms with Gasteiger partial charge in [0.2, 0.25) is 11.8 Å². The Kier molecular flexibility index (Phi) is 4.58. The Morgan fingerprint density at radius 3 is 2.89 bits per heavy atom. The van der Waals surface area contributed by atoms with Crippen molar-refractivity contribution in [3.8, 4) is 0 Å². The lowest BCUT2D eigenvalue weighted by molar-refractivity contribution is -0.143. The van der Waals surface area contributed by atoms with Crippen molar-refractivity contribution in [2.75, 3.05) is 33.4 Å². The van der Waals surface area contributed by atoms with Gasteiger partial charge in [-0.05, 0) is 25.7 Å². The number of rotatable bonds is 4. The lowest BCUT2D eigenvalue weighted by atomic mass is 10.0. The Morgan fingerprint density at radius 1 is 1.28 bits per heavy atom. The molecule has 0 radical (unpaired) electrons. The van der Waals surface area contributed by atoms with E-state index in [4.69, 9.17) is 4.74 Å². The molecule has 0 aliphatic carbocycles. The van der Waals surface area contributed by atoms with Gasteiger partial charge in [-0.25, -0.2) is 0 Å². The van der Waals surface area contributed by atoms with E-state index in [0.717, 1.165) is 32.2 Å². The molecular weight excluding hydrogens is 232 g/mol. The van der Waals surface area contributed by atoms with Gasteiger partial charge in [0.15, 0.2) is 0 Å². The summed E-state index contributed by atoms with van der Waals surface area (Å²) in [5.41, 5.74) is 0. The molecule has 102 valence electrons. The van der Waals surface area contributed by atoms with E-state index in [1.165, 1.54) is 0 Å². The van der Waals surface area contributed by atoms with E-state index < -0.39 is 0 Å². The Labute approximate surface area is 108 Å². The predicted molar refractivity (Wildman–Crippen MR) is 67.0 cm³/mol. The molecule has 2 heterocycles. The second-order valence-corrected chi connectivity index (χ2v) is 5.02. The average molecular weight is 254 g/mol. The van der Waals surface area contributed by atoms with Crippen LogP contribution in [-0.2, 0) is 14.3 Å². The summed E-state index contributed by atoms with van der Waals surface area (Å²) in [4.78, 5) is 28.0. The molecule has 2 rings (SSSR count). The Morgan fingerprint density at radius 2 is 2.11 bits per heavy atom. The summed E-state index contributed by atoms with van der Waals surface area (Å²) in [6, 6.07) is -0.198. The fourth-order valence-electron chi connectivity index (χ4n) is 2.80.